The van der Waals surface area contributed by atoms with E-state index >= 15 is 0 Å². The first-order valence-electron chi connectivity index (χ1n) is 9.16. The number of nitrogens with zero attached hydrogens (tertiary/aromatic N) is 2. The van der Waals surface area contributed by atoms with Crippen molar-refractivity contribution in [2.45, 2.75) is 32.7 Å². The van der Waals surface area contributed by atoms with E-state index in [-0.39, 0.29) is 18.4 Å². The number of carboxylic acid groups (broad SMARTS) is 1. The van der Waals surface area contributed by atoms with Crippen molar-refractivity contribution in [1.29, 1.82) is 0 Å². The number of hydrogen-bond donors (Lipinski definition) is 1. The van der Waals surface area contributed by atoms with Crippen molar-refractivity contribution in [2.24, 2.45) is 5.92 Å². The molecule has 1 aliphatic rings. The van der Waals surface area contributed by atoms with Crippen LogP contribution in [0, 0.1) is 12.8 Å². The molecule has 1 N–H and O–H groups in total. The van der Waals surface area contributed by atoms with Crippen molar-refractivity contribution < 1.29 is 19.4 Å². The number of aliphatic carboxylic acids is 1. The average Bonchev–Trinajstić information content (AvgIpc) is 3.01. The van der Waals surface area contributed by atoms with E-state index < -0.39 is 5.97 Å². The van der Waals surface area contributed by atoms with Crippen LogP contribution in [0.25, 0.3) is 10.9 Å². The standard InChI is InChI=1S/C20H26N2O4/c1-15-4-5-18-17(11-15)6-9-21(18)10-7-19(23)22-8-2-3-16(12-22)13-26-14-20(24)25/h4-6,9,11,16H,2-3,7-8,10,12-14H2,1H3,(H,24,25). The number of fused-ring (bicyclic) bond motifs is 1. The van der Waals surface area contributed by atoms with E-state index in [0.717, 1.165) is 24.9 Å². The molecule has 2 aromatic rings. The SMILES string of the molecule is Cc1ccc2c(ccn2CCC(=O)N2CCCC(COCC(=O)O)C2)c1. The molecule has 0 aliphatic carbocycles. The summed E-state index contributed by atoms with van der Waals surface area (Å²) in [4.78, 5) is 25.0. The van der Waals surface area contributed by atoms with E-state index in [9.17, 15) is 9.59 Å². The molecule has 1 aliphatic heterocycles. The Balaban J connectivity index is 1.51. The van der Waals surface area contributed by atoms with Gasteiger partial charge in [-0.3, -0.25) is 4.79 Å². The van der Waals surface area contributed by atoms with Gasteiger partial charge in [0.25, 0.3) is 0 Å². The summed E-state index contributed by atoms with van der Waals surface area (Å²) in [5, 5.41) is 9.84. The Kier molecular flexibility index (Phi) is 5.93. The number of carboxylic acids is 1. The predicted molar refractivity (Wildman–Crippen MR) is 99.1 cm³/mol. The minimum absolute atomic E-state index is 0.155. The average molecular weight is 358 g/mol. The molecule has 1 amide bonds. The third-order valence-electron chi connectivity index (χ3n) is 4.94. The van der Waals surface area contributed by atoms with E-state index in [0.29, 0.717) is 26.1 Å². The lowest BCUT2D eigenvalue weighted by Gasteiger charge is -2.32. The molecule has 26 heavy (non-hydrogen) atoms. The normalized spacial score (nSPS) is 17.6. The molecule has 0 radical (unpaired) electrons. The summed E-state index contributed by atoms with van der Waals surface area (Å²) in [5.74, 6) is -0.577. The molecule has 0 spiro atoms. The molecule has 140 valence electrons. The molecule has 1 aromatic carbocycles. The molecule has 0 saturated carbocycles. The van der Waals surface area contributed by atoms with Crippen LogP contribution in [-0.4, -0.2) is 52.8 Å². The highest BCUT2D eigenvalue weighted by atomic mass is 16.5. The fourth-order valence-corrected chi connectivity index (χ4v) is 3.63. The Morgan fingerprint density at radius 2 is 2.15 bits per heavy atom. The summed E-state index contributed by atoms with van der Waals surface area (Å²) >= 11 is 0. The quantitative estimate of drug-likeness (QED) is 0.826. The van der Waals surface area contributed by atoms with Gasteiger partial charge in [0.15, 0.2) is 0 Å². The van der Waals surface area contributed by atoms with Crippen LogP contribution in [0.3, 0.4) is 0 Å². The lowest BCUT2D eigenvalue weighted by atomic mass is 9.98. The Hall–Kier alpha value is -2.34. The highest BCUT2D eigenvalue weighted by Crippen LogP contribution is 2.20. The van der Waals surface area contributed by atoms with Gasteiger partial charge in [0.1, 0.15) is 6.61 Å². The van der Waals surface area contributed by atoms with Gasteiger partial charge in [-0.2, -0.15) is 0 Å². The van der Waals surface area contributed by atoms with Gasteiger partial charge in [0, 0.05) is 37.8 Å². The summed E-state index contributed by atoms with van der Waals surface area (Å²) in [6.07, 6.45) is 4.43. The van der Waals surface area contributed by atoms with Gasteiger partial charge in [-0.15, -0.1) is 0 Å². The van der Waals surface area contributed by atoms with E-state index in [2.05, 4.69) is 35.8 Å². The maximum Gasteiger partial charge on any atom is 0.329 e. The molecule has 1 unspecified atom stereocenters. The Morgan fingerprint density at radius 1 is 1.31 bits per heavy atom. The summed E-state index contributed by atoms with van der Waals surface area (Å²) < 4.78 is 7.33. The number of carbonyl (C=O) groups excluding carboxylic acids is 1. The molecule has 1 aromatic heterocycles. The highest BCUT2D eigenvalue weighted by molar-refractivity contribution is 5.81. The molecule has 0 bridgehead atoms. The van der Waals surface area contributed by atoms with Gasteiger partial charge in [0.05, 0.1) is 6.61 Å². The van der Waals surface area contributed by atoms with Crippen LogP contribution in [0.2, 0.25) is 0 Å². The van der Waals surface area contributed by atoms with Gasteiger partial charge in [-0.25, -0.2) is 4.79 Å². The minimum atomic E-state index is -0.956. The predicted octanol–water partition coefficient (Wildman–Crippen LogP) is 2.68. The number of amides is 1. The topological polar surface area (TPSA) is 71.8 Å². The van der Waals surface area contributed by atoms with Crippen molar-refractivity contribution in [2.75, 3.05) is 26.3 Å². The second kappa shape index (κ2) is 8.36. The van der Waals surface area contributed by atoms with Crippen LogP contribution in [-0.2, 0) is 20.9 Å². The van der Waals surface area contributed by atoms with E-state index in [1.807, 2.05) is 11.1 Å². The van der Waals surface area contributed by atoms with Crippen LogP contribution in [0.5, 0.6) is 0 Å². The van der Waals surface area contributed by atoms with Crippen molar-refractivity contribution in [3.05, 3.63) is 36.0 Å². The molecule has 6 nitrogen and oxygen atoms in total. The molecular formula is C20H26N2O4. The minimum Gasteiger partial charge on any atom is -0.480 e. The highest BCUT2D eigenvalue weighted by Gasteiger charge is 2.23. The zero-order chi connectivity index (χ0) is 18.5. The third-order valence-corrected chi connectivity index (χ3v) is 4.94. The molecule has 3 rings (SSSR count). The summed E-state index contributed by atoms with van der Waals surface area (Å²) in [7, 11) is 0. The van der Waals surface area contributed by atoms with Crippen LogP contribution in [0.1, 0.15) is 24.8 Å². The van der Waals surface area contributed by atoms with Crippen LogP contribution >= 0.6 is 0 Å². The molecule has 2 heterocycles. The Morgan fingerprint density at radius 3 is 2.96 bits per heavy atom. The molecule has 1 fully saturated rings. The summed E-state index contributed by atoms with van der Waals surface area (Å²) in [6.45, 7) is 4.31. The van der Waals surface area contributed by atoms with Gasteiger partial charge in [-0.05, 0) is 49.3 Å². The number of piperidine rings is 1. The summed E-state index contributed by atoms with van der Waals surface area (Å²) in [5.41, 5.74) is 2.39. The van der Waals surface area contributed by atoms with Crippen LogP contribution in [0.4, 0.5) is 0 Å². The fraction of sp³-hybridized carbons (Fsp3) is 0.500. The van der Waals surface area contributed by atoms with Crippen molar-refractivity contribution in [3.63, 3.8) is 0 Å². The number of benzene rings is 1. The third kappa shape index (κ3) is 4.64. The van der Waals surface area contributed by atoms with E-state index in [4.69, 9.17) is 9.84 Å². The van der Waals surface area contributed by atoms with Crippen LogP contribution in [0.15, 0.2) is 30.5 Å². The lowest BCUT2D eigenvalue weighted by Crippen LogP contribution is -2.41. The number of ether oxygens (including phenoxy) is 1. The van der Waals surface area contributed by atoms with Crippen molar-refractivity contribution in [1.82, 2.24) is 9.47 Å². The zero-order valence-electron chi connectivity index (χ0n) is 15.2. The zero-order valence-corrected chi connectivity index (χ0v) is 15.2. The fourth-order valence-electron chi connectivity index (χ4n) is 3.63. The van der Waals surface area contributed by atoms with Crippen molar-refractivity contribution in [3.8, 4) is 0 Å². The number of carbonyl (C=O) groups is 2. The molecule has 1 atom stereocenters. The number of rotatable bonds is 7. The molecule has 1 saturated heterocycles. The maximum atomic E-state index is 12.6. The number of likely N-dealkylation sites (tertiary alicyclic amines) is 1. The second-order valence-electron chi connectivity index (χ2n) is 7.08. The first-order valence-corrected chi connectivity index (χ1v) is 9.16. The molecular weight excluding hydrogens is 332 g/mol. The Bertz CT molecular complexity index is 783. The van der Waals surface area contributed by atoms with Crippen molar-refractivity contribution >= 4 is 22.8 Å². The largest absolute Gasteiger partial charge is 0.480 e. The van der Waals surface area contributed by atoms with Gasteiger partial charge >= 0.3 is 5.97 Å². The first-order chi connectivity index (χ1) is 12.5. The first kappa shape index (κ1) is 18.5. The van der Waals surface area contributed by atoms with Gasteiger partial charge in [-0.1, -0.05) is 11.6 Å². The Labute approximate surface area is 153 Å². The monoisotopic (exact) mass is 358 g/mol. The second-order valence-corrected chi connectivity index (χ2v) is 7.08. The lowest BCUT2D eigenvalue weighted by molar-refractivity contribution is -0.143. The maximum absolute atomic E-state index is 12.6. The van der Waals surface area contributed by atoms with Gasteiger partial charge in [0.2, 0.25) is 5.91 Å². The molecule has 6 heteroatoms. The van der Waals surface area contributed by atoms with Gasteiger partial charge < -0.3 is 19.3 Å². The van der Waals surface area contributed by atoms with E-state index in [1.165, 1.54) is 10.9 Å². The summed E-state index contributed by atoms with van der Waals surface area (Å²) in [6, 6.07) is 8.43. The number of aryl methyl sites for hydroxylation is 2. The smallest absolute Gasteiger partial charge is 0.329 e. The number of hydrogen-bond acceptors (Lipinski definition) is 3. The van der Waals surface area contributed by atoms with Crippen LogP contribution < -0.4 is 0 Å². The van der Waals surface area contributed by atoms with E-state index in [1.54, 1.807) is 0 Å². The number of aromatic nitrogens is 1.